The highest BCUT2D eigenvalue weighted by atomic mass is 15.1. The lowest BCUT2D eigenvalue weighted by Crippen LogP contribution is -2.12. The molecule has 0 unspecified atom stereocenters. The first kappa shape index (κ1) is 9.30. The fourth-order valence-electron chi connectivity index (χ4n) is 1.40. The van der Waals surface area contributed by atoms with Crippen LogP contribution in [0.1, 0.15) is 45.4 Å². The lowest BCUT2D eigenvalue weighted by molar-refractivity contribution is 0.581. The van der Waals surface area contributed by atoms with Crippen LogP contribution in [0, 0.1) is 0 Å². The highest BCUT2D eigenvalue weighted by Gasteiger charge is 2.18. The lowest BCUT2D eigenvalue weighted by atomic mass is 9.86. The molecule has 1 heterocycles. The quantitative estimate of drug-likeness (QED) is 0.719. The first-order chi connectivity index (χ1) is 5.55. The van der Waals surface area contributed by atoms with Gasteiger partial charge in [0.1, 0.15) is 0 Å². The molecule has 0 radical (unpaired) electrons. The summed E-state index contributed by atoms with van der Waals surface area (Å²) >= 11 is 0. The number of nitrogens with zero attached hydrogens (tertiary/aromatic N) is 1. The van der Waals surface area contributed by atoms with E-state index in [1.807, 2.05) is 6.20 Å². The Balaban J connectivity index is 2.91. The normalized spacial score (nSPS) is 12.0. The van der Waals surface area contributed by atoms with Crippen molar-refractivity contribution in [1.29, 1.82) is 0 Å². The molecular formula is C10H18N2. The van der Waals surface area contributed by atoms with Crippen LogP contribution >= 0.6 is 0 Å². The molecule has 1 rings (SSSR count). The number of aromatic nitrogens is 2. The Hall–Kier alpha value is -0.790. The zero-order valence-electron chi connectivity index (χ0n) is 8.44. The molecule has 1 aromatic heterocycles. The summed E-state index contributed by atoms with van der Waals surface area (Å²) in [5.74, 6) is 0. The Bertz CT molecular complexity index is 243. The number of aryl methyl sites for hydroxylation is 1. The molecule has 1 aromatic rings. The third-order valence-corrected chi connectivity index (χ3v) is 2.03. The van der Waals surface area contributed by atoms with Crippen molar-refractivity contribution in [3.63, 3.8) is 0 Å². The Morgan fingerprint density at radius 1 is 1.42 bits per heavy atom. The predicted molar refractivity (Wildman–Crippen MR) is 51.3 cm³/mol. The number of aromatic amines is 1. The van der Waals surface area contributed by atoms with Crippen molar-refractivity contribution in [2.75, 3.05) is 0 Å². The van der Waals surface area contributed by atoms with Crippen LogP contribution in [0.15, 0.2) is 6.20 Å². The van der Waals surface area contributed by atoms with Crippen LogP contribution in [0.4, 0.5) is 0 Å². The zero-order valence-corrected chi connectivity index (χ0v) is 8.44. The van der Waals surface area contributed by atoms with Crippen LogP contribution in [0.3, 0.4) is 0 Å². The van der Waals surface area contributed by atoms with Gasteiger partial charge in [0.2, 0.25) is 0 Å². The molecule has 2 heteroatoms. The third-order valence-electron chi connectivity index (χ3n) is 2.03. The molecule has 2 nitrogen and oxygen atoms in total. The SMILES string of the molecule is CCCc1[nH]ncc1C(C)(C)C. The van der Waals surface area contributed by atoms with Crippen molar-refractivity contribution in [3.8, 4) is 0 Å². The van der Waals surface area contributed by atoms with Gasteiger partial charge in [-0.2, -0.15) is 5.10 Å². The molecule has 0 aromatic carbocycles. The van der Waals surface area contributed by atoms with E-state index in [0.717, 1.165) is 6.42 Å². The molecule has 0 saturated heterocycles. The van der Waals surface area contributed by atoms with E-state index < -0.39 is 0 Å². The molecule has 0 atom stereocenters. The van der Waals surface area contributed by atoms with Crippen molar-refractivity contribution in [2.45, 2.75) is 46.0 Å². The van der Waals surface area contributed by atoms with Crippen LogP contribution in [-0.2, 0) is 11.8 Å². The monoisotopic (exact) mass is 166 g/mol. The molecule has 12 heavy (non-hydrogen) atoms. The molecule has 0 amide bonds. The molecule has 0 saturated carbocycles. The van der Waals surface area contributed by atoms with Gasteiger partial charge in [-0.1, -0.05) is 34.1 Å². The van der Waals surface area contributed by atoms with Gasteiger partial charge in [-0.05, 0) is 17.4 Å². The second-order valence-corrected chi connectivity index (χ2v) is 4.26. The highest BCUT2D eigenvalue weighted by molar-refractivity contribution is 5.24. The second kappa shape index (κ2) is 3.30. The van der Waals surface area contributed by atoms with Gasteiger partial charge >= 0.3 is 0 Å². The Kier molecular flexibility index (Phi) is 2.55. The second-order valence-electron chi connectivity index (χ2n) is 4.26. The van der Waals surface area contributed by atoms with Gasteiger partial charge in [0.05, 0.1) is 6.20 Å². The van der Waals surface area contributed by atoms with Crippen molar-refractivity contribution >= 4 is 0 Å². The molecule has 0 bridgehead atoms. The van der Waals surface area contributed by atoms with Gasteiger partial charge in [0.15, 0.2) is 0 Å². The number of rotatable bonds is 2. The maximum Gasteiger partial charge on any atom is 0.0527 e. The fraction of sp³-hybridized carbons (Fsp3) is 0.700. The summed E-state index contributed by atoms with van der Waals surface area (Å²) in [4.78, 5) is 0. The summed E-state index contributed by atoms with van der Waals surface area (Å²) in [6.45, 7) is 8.85. The largest absolute Gasteiger partial charge is 0.282 e. The van der Waals surface area contributed by atoms with Crippen LogP contribution in [0.25, 0.3) is 0 Å². The lowest BCUT2D eigenvalue weighted by Gasteiger charge is -2.18. The molecule has 68 valence electrons. The van der Waals surface area contributed by atoms with Crippen LogP contribution in [-0.4, -0.2) is 10.2 Å². The molecule has 0 fully saturated rings. The van der Waals surface area contributed by atoms with Crippen molar-refractivity contribution in [1.82, 2.24) is 10.2 Å². The van der Waals surface area contributed by atoms with Crippen molar-refractivity contribution in [2.24, 2.45) is 0 Å². The van der Waals surface area contributed by atoms with Gasteiger partial charge < -0.3 is 0 Å². The summed E-state index contributed by atoms with van der Waals surface area (Å²) in [6, 6.07) is 0. The summed E-state index contributed by atoms with van der Waals surface area (Å²) in [5.41, 5.74) is 2.87. The van der Waals surface area contributed by atoms with Crippen molar-refractivity contribution < 1.29 is 0 Å². The minimum Gasteiger partial charge on any atom is -0.282 e. The van der Waals surface area contributed by atoms with E-state index >= 15 is 0 Å². The Labute approximate surface area is 74.4 Å². The first-order valence-electron chi connectivity index (χ1n) is 4.58. The molecule has 0 aliphatic heterocycles. The first-order valence-corrected chi connectivity index (χ1v) is 4.58. The number of H-pyrrole nitrogens is 1. The number of hydrogen-bond donors (Lipinski definition) is 1. The molecule has 0 aliphatic rings. The minimum atomic E-state index is 0.220. The Morgan fingerprint density at radius 3 is 2.58 bits per heavy atom. The van der Waals surface area contributed by atoms with Crippen LogP contribution in [0.5, 0.6) is 0 Å². The Morgan fingerprint density at radius 2 is 2.08 bits per heavy atom. The van der Waals surface area contributed by atoms with E-state index in [2.05, 4.69) is 37.9 Å². The van der Waals surface area contributed by atoms with E-state index in [0.29, 0.717) is 0 Å². The zero-order chi connectivity index (χ0) is 9.19. The molecule has 0 spiro atoms. The van der Waals surface area contributed by atoms with Crippen LogP contribution in [0.2, 0.25) is 0 Å². The summed E-state index contributed by atoms with van der Waals surface area (Å²) in [5, 5.41) is 7.15. The van der Waals surface area contributed by atoms with E-state index in [-0.39, 0.29) is 5.41 Å². The van der Waals surface area contributed by atoms with Crippen molar-refractivity contribution in [3.05, 3.63) is 17.5 Å². The molecule has 1 N–H and O–H groups in total. The van der Waals surface area contributed by atoms with Gasteiger partial charge in [0.25, 0.3) is 0 Å². The van der Waals surface area contributed by atoms with E-state index in [9.17, 15) is 0 Å². The maximum atomic E-state index is 4.08. The molecule has 0 aliphatic carbocycles. The predicted octanol–water partition coefficient (Wildman–Crippen LogP) is 2.66. The van der Waals surface area contributed by atoms with E-state index in [1.165, 1.54) is 17.7 Å². The van der Waals surface area contributed by atoms with Crippen LogP contribution < -0.4 is 0 Å². The fourth-order valence-corrected chi connectivity index (χ4v) is 1.40. The number of nitrogens with one attached hydrogen (secondary N) is 1. The smallest absolute Gasteiger partial charge is 0.0527 e. The topological polar surface area (TPSA) is 28.7 Å². The van der Waals surface area contributed by atoms with E-state index in [1.54, 1.807) is 0 Å². The van der Waals surface area contributed by atoms with Gasteiger partial charge in [0, 0.05) is 5.69 Å². The standard InChI is InChI=1S/C10H18N2/c1-5-6-9-8(7-11-12-9)10(2,3)4/h7H,5-6H2,1-4H3,(H,11,12). The average molecular weight is 166 g/mol. The molecular weight excluding hydrogens is 148 g/mol. The maximum absolute atomic E-state index is 4.08. The summed E-state index contributed by atoms with van der Waals surface area (Å²) in [6.07, 6.45) is 4.23. The minimum absolute atomic E-state index is 0.220. The highest BCUT2D eigenvalue weighted by Crippen LogP contribution is 2.24. The van der Waals surface area contributed by atoms with Gasteiger partial charge in [-0.3, -0.25) is 5.10 Å². The van der Waals surface area contributed by atoms with Gasteiger partial charge in [-0.25, -0.2) is 0 Å². The van der Waals surface area contributed by atoms with E-state index in [4.69, 9.17) is 0 Å². The average Bonchev–Trinajstić information content (AvgIpc) is 2.34. The third kappa shape index (κ3) is 1.87. The van der Waals surface area contributed by atoms with Gasteiger partial charge in [-0.15, -0.1) is 0 Å². The number of hydrogen-bond acceptors (Lipinski definition) is 1. The summed E-state index contributed by atoms with van der Waals surface area (Å²) < 4.78 is 0. The summed E-state index contributed by atoms with van der Waals surface area (Å²) in [7, 11) is 0.